The van der Waals surface area contributed by atoms with Gasteiger partial charge in [-0.05, 0) is 63.2 Å². The average Bonchev–Trinajstić information content (AvgIpc) is 2.18. The van der Waals surface area contributed by atoms with Crippen molar-refractivity contribution in [1.82, 2.24) is 0 Å². The van der Waals surface area contributed by atoms with Crippen molar-refractivity contribution in [3.63, 3.8) is 0 Å². The van der Waals surface area contributed by atoms with Crippen LogP contribution in [0.1, 0.15) is 40.0 Å². The van der Waals surface area contributed by atoms with Gasteiger partial charge in [-0.15, -0.1) is 0 Å². The van der Waals surface area contributed by atoms with Crippen molar-refractivity contribution in [2.45, 2.75) is 71.3 Å². The van der Waals surface area contributed by atoms with Gasteiger partial charge in [0.2, 0.25) is 0 Å². The first-order valence-corrected chi connectivity index (χ1v) is 10.3. The van der Waals surface area contributed by atoms with Crippen LogP contribution >= 0.6 is 0 Å². The minimum Gasteiger partial charge on any atom is -0.412 e. The highest BCUT2D eigenvalue weighted by atomic mass is 28.4. The summed E-state index contributed by atoms with van der Waals surface area (Å²) in [6.07, 6.45) is 3.14. The van der Waals surface area contributed by atoms with Gasteiger partial charge in [-0.3, -0.25) is 0 Å². The fourth-order valence-corrected chi connectivity index (χ4v) is 4.59. The molecule has 1 fully saturated rings. The molecule has 1 aliphatic carbocycles. The van der Waals surface area contributed by atoms with Gasteiger partial charge in [0.1, 0.15) is 0 Å². The molecule has 0 radical (unpaired) electrons. The van der Waals surface area contributed by atoms with Gasteiger partial charge >= 0.3 is 0 Å². The second kappa shape index (κ2) is 5.64. The van der Waals surface area contributed by atoms with E-state index in [1.165, 1.54) is 6.42 Å². The molecule has 0 N–H and O–H groups in total. The number of azide groups is 1. The number of hydrogen-bond acceptors (Lipinski definition) is 2. The third kappa shape index (κ3) is 4.01. The van der Waals surface area contributed by atoms with E-state index in [-0.39, 0.29) is 11.6 Å². The van der Waals surface area contributed by atoms with Crippen LogP contribution in [0.4, 0.5) is 0 Å². The molecule has 0 aromatic carbocycles. The highest BCUT2D eigenvalue weighted by Gasteiger charge is 2.43. The van der Waals surface area contributed by atoms with Crippen LogP contribution in [0.15, 0.2) is 5.11 Å². The highest BCUT2D eigenvalue weighted by Crippen LogP contribution is 2.41. The lowest BCUT2D eigenvalue weighted by Gasteiger charge is -2.46. The Morgan fingerprint density at radius 1 is 1.39 bits per heavy atom. The molecule has 1 aliphatic rings. The standard InChI is InChI=1S/C13H27N3OSi/c1-10(2)11-7-8-13(3,17-18(4,5)6)12(9-11)15-16-14/h10-12H,7-9H2,1-6H3/t11-,12-,13-/m0/s1. The second-order valence-corrected chi connectivity index (χ2v) is 11.5. The molecule has 0 bridgehead atoms. The molecule has 0 amide bonds. The molecule has 104 valence electrons. The summed E-state index contributed by atoms with van der Waals surface area (Å²) < 4.78 is 6.33. The molecule has 0 aromatic heterocycles. The molecule has 0 saturated heterocycles. The van der Waals surface area contributed by atoms with E-state index in [0.717, 1.165) is 12.8 Å². The summed E-state index contributed by atoms with van der Waals surface area (Å²) in [5, 5.41) is 4.03. The van der Waals surface area contributed by atoms with Crippen LogP contribution in [0.2, 0.25) is 19.6 Å². The Bertz CT molecular complexity index is 334. The summed E-state index contributed by atoms with van der Waals surface area (Å²) in [6, 6.07) is -0.0182. The van der Waals surface area contributed by atoms with Gasteiger partial charge in [0.05, 0.1) is 11.6 Å². The maximum absolute atomic E-state index is 8.79. The number of hydrogen-bond donors (Lipinski definition) is 0. The zero-order valence-corrected chi connectivity index (χ0v) is 13.6. The summed E-state index contributed by atoms with van der Waals surface area (Å²) in [7, 11) is -1.62. The fourth-order valence-electron chi connectivity index (χ4n) is 2.95. The molecule has 0 aliphatic heterocycles. The first-order chi connectivity index (χ1) is 8.18. The largest absolute Gasteiger partial charge is 0.412 e. The second-order valence-electron chi connectivity index (χ2n) is 7.03. The van der Waals surface area contributed by atoms with Crippen LogP contribution in [0.3, 0.4) is 0 Å². The van der Waals surface area contributed by atoms with Crippen LogP contribution in [-0.4, -0.2) is 20.0 Å². The van der Waals surface area contributed by atoms with Crippen molar-refractivity contribution >= 4 is 8.32 Å². The summed E-state index contributed by atoms with van der Waals surface area (Å²) >= 11 is 0. The Labute approximate surface area is 112 Å². The Morgan fingerprint density at radius 3 is 2.44 bits per heavy atom. The molecule has 18 heavy (non-hydrogen) atoms. The van der Waals surface area contributed by atoms with E-state index in [0.29, 0.717) is 11.8 Å². The Hall–Kier alpha value is -0.513. The zero-order chi connectivity index (χ0) is 14.0. The van der Waals surface area contributed by atoms with Crippen molar-refractivity contribution in [2.75, 3.05) is 0 Å². The van der Waals surface area contributed by atoms with E-state index in [1.54, 1.807) is 0 Å². The van der Waals surface area contributed by atoms with Gasteiger partial charge in [-0.25, -0.2) is 0 Å². The monoisotopic (exact) mass is 269 g/mol. The fraction of sp³-hybridized carbons (Fsp3) is 1.00. The topological polar surface area (TPSA) is 58.0 Å². The van der Waals surface area contributed by atoms with E-state index < -0.39 is 8.32 Å². The van der Waals surface area contributed by atoms with Gasteiger partial charge < -0.3 is 4.43 Å². The molecule has 1 saturated carbocycles. The smallest absolute Gasteiger partial charge is 0.184 e. The molecule has 0 unspecified atom stereocenters. The molecular formula is C13H27N3OSi. The molecule has 1 rings (SSSR count). The van der Waals surface area contributed by atoms with Gasteiger partial charge in [-0.1, -0.05) is 19.0 Å². The molecule has 0 heterocycles. The highest BCUT2D eigenvalue weighted by molar-refractivity contribution is 6.69. The first kappa shape index (κ1) is 15.5. The van der Waals surface area contributed by atoms with Crippen molar-refractivity contribution in [3.8, 4) is 0 Å². The van der Waals surface area contributed by atoms with Crippen molar-refractivity contribution in [1.29, 1.82) is 0 Å². The van der Waals surface area contributed by atoms with Gasteiger partial charge in [-0.2, -0.15) is 0 Å². The summed E-state index contributed by atoms with van der Waals surface area (Å²) in [4.78, 5) is 3.04. The van der Waals surface area contributed by atoms with Crippen molar-refractivity contribution in [2.24, 2.45) is 17.0 Å². The maximum Gasteiger partial charge on any atom is 0.184 e. The Balaban J connectivity index is 2.88. The van der Waals surface area contributed by atoms with Crippen LogP contribution in [0.5, 0.6) is 0 Å². The molecule has 4 nitrogen and oxygen atoms in total. The van der Waals surface area contributed by atoms with Crippen molar-refractivity contribution in [3.05, 3.63) is 10.4 Å². The quantitative estimate of drug-likeness (QED) is 0.315. The minimum absolute atomic E-state index is 0.0182. The summed E-state index contributed by atoms with van der Waals surface area (Å²) in [6.45, 7) is 13.2. The molecule has 5 heteroatoms. The maximum atomic E-state index is 8.79. The van der Waals surface area contributed by atoms with Gasteiger partial charge in [0, 0.05) is 4.91 Å². The number of rotatable bonds is 4. The van der Waals surface area contributed by atoms with Gasteiger partial charge in [0.15, 0.2) is 8.32 Å². The predicted molar refractivity (Wildman–Crippen MR) is 77.9 cm³/mol. The average molecular weight is 269 g/mol. The predicted octanol–water partition coefficient (Wildman–Crippen LogP) is 4.73. The van der Waals surface area contributed by atoms with Crippen molar-refractivity contribution < 1.29 is 4.43 Å². The van der Waals surface area contributed by atoms with Crippen LogP contribution in [0, 0.1) is 11.8 Å². The lowest BCUT2D eigenvalue weighted by Crippen LogP contribution is -2.51. The van der Waals surface area contributed by atoms with E-state index in [4.69, 9.17) is 9.96 Å². The SMILES string of the molecule is CC(C)[C@H]1CC[C@](C)(O[Si](C)(C)C)[C@@H](N=[N+]=[N-])C1. The first-order valence-electron chi connectivity index (χ1n) is 6.92. The van der Waals surface area contributed by atoms with E-state index in [2.05, 4.69) is 50.4 Å². The van der Waals surface area contributed by atoms with E-state index in [9.17, 15) is 0 Å². The number of nitrogens with zero attached hydrogens (tertiary/aromatic N) is 3. The summed E-state index contributed by atoms with van der Waals surface area (Å²) in [5.74, 6) is 1.30. The van der Waals surface area contributed by atoms with Gasteiger partial charge in [0.25, 0.3) is 0 Å². The minimum atomic E-state index is -1.62. The molecule has 0 aromatic rings. The van der Waals surface area contributed by atoms with Crippen LogP contribution in [-0.2, 0) is 4.43 Å². The normalized spacial score (nSPS) is 33.3. The third-order valence-electron chi connectivity index (χ3n) is 3.92. The van der Waals surface area contributed by atoms with Crippen LogP contribution < -0.4 is 0 Å². The van der Waals surface area contributed by atoms with E-state index in [1.807, 2.05) is 0 Å². The zero-order valence-electron chi connectivity index (χ0n) is 12.6. The molecule has 3 atom stereocenters. The Kier molecular flexibility index (Phi) is 4.87. The lowest BCUT2D eigenvalue weighted by molar-refractivity contribution is -0.000894. The molecular weight excluding hydrogens is 242 g/mol. The van der Waals surface area contributed by atoms with E-state index >= 15 is 0 Å². The lowest BCUT2D eigenvalue weighted by atomic mass is 9.72. The Morgan fingerprint density at radius 2 is 2.00 bits per heavy atom. The summed E-state index contributed by atoms with van der Waals surface area (Å²) in [5.41, 5.74) is 8.53. The van der Waals surface area contributed by atoms with Crippen LogP contribution in [0.25, 0.3) is 10.4 Å². The molecule has 0 spiro atoms. The third-order valence-corrected chi connectivity index (χ3v) is 4.99.